The van der Waals surface area contributed by atoms with Crippen LogP contribution in [-0.4, -0.2) is 31.3 Å². The molecule has 1 atom stereocenters. The van der Waals surface area contributed by atoms with E-state index in [1.807, 2.05) is 12.1 Å². The third kappa shape index (κ3) is 9.01. The summed E-state index contributed by atoms with van der Waals surface area (Å²) in [6.07, 6.45) is -7.48. The molecular weight excluding hydrogens is 359 g/mol. The standard InChI is InChI=1S/C18H23F5O3/c1-3-13(2)14-5-7-15(8-6-14)26-11-16(24)25-10-4-9-17(19,20)12-18(21,22)23/h5-8,13H,3-4,9-12H2,1-2H3. The fraction of sp³-hybridized carbons (Fsp3) is 0.611. The lowest BCUT2D eigenvalue weighted by Crippen LogP contribution is -2.26. The molecule has 0 aliphatic rings. The van der Waals surface area contributed by atoms with Crippen molar-refractivity contribution >= 4 is 5.97 Å². The number of hydrogen-bond acceptors (Lipinski definition) is 3. The highest BCUT2D eigenvalue weighted by atomic mass is 19.4. The molecule has 0 spiro atoms. The SMILES string of the molecule is CCC(C)c1ccc(OCC(=O)OCCCC(F)(F)CC(F)(F)F)cc1. The Balaban J connectivity index is 2.26. The predicted octanol–water partition coefficient (Wildman–Crippen LogP) is 5.49. The second-order valence-corrected chi connectivity index (χ2v) is 6.14. The van der Waals surface area contributed by atoms with E-state index in [0.717, 1.165) is 12.0 Å². The molecule has 0 bridgehead atoms. The average Bonchev–Trinajstić information content (AvgIpc) is 2.54. The van der Waals surface area contributed by atoms with Crippen LogP contribution in [0.25, 0.3) is 0 Å². The molecule has 0 aliphatic heterocycles. The number of carbonyl (C=O) groups excluding carboxylic acids is 1. The monoisotopic (exact) mass is 382 g/mol. The van der Waals surface area contributed by atoms with Gasteiger partial charge in [-0.05, 0) is 36.5 Å². The van der Waals surface area contributed by atoms with Gasteiger partial charge in [-0.15, -0.1) is 0 Å². The first kappa shape index (κ1) is 22.2. The number of alkyl halides is 5. The lowest BCUT2D eigenvalue weighted by molar-refractivity contribution is -0.190. The quantitative estimate of drug-likeness (QED) is 0.305. The van der Waals surface area contributed by atoms with E-state index in [1.165, 1.54) is 0 Å². The number of halogens is 5. The molecule has 1 aromatic rings. The summed E-state index contributed by atoms with van der Waals surface area (Å²) in [5, 5.41) is 0. The summed E-state index contributed by atoms with van der Waals surface area (Å²) in [5.74, 6) is -3.76. The molecule has 0 N–H and O–H groups in total. The third-order valence-electron chi connectivity index (χ3n) is 3.83. The fourth-order valence-electron chi connectivity index (χ4n) is 2.21. The Kier molecular flexibility index (Phi) is 8.30. The van der Waals surface area contributed by atoms with Crippen LogP contribution in [0.1, 0.15) is 51.0 Å². The number of ether oxygens (including phenoxy) is 2. The van der Waals surface area contributed by atoms with Gasteiger partial charge in [0.2, 0.25) is 0 Å². The van der Waals surface area contributed by atoms with Crippen molar-refractivity contribution in [2.75, 3.05) is 13.2 Å². The highest BCUT2D eigenvalue weighted by molar-refractivity contribution is 5.71. The normalized spacial score (nSPS) is 13.3. The molecule has 148 valence electrons. The molecule has 26 heavy (non-hydrogen) atoms. The van der Waals surface area contributed by atoms with Gasteiger partial charge in [-0.2, -0.15) is 13.2 Å². The maximum absolute atomic E-state index is 13.0. The zero-order valence-electron chi connectivity index (χ0n) is 14.7. The van der Waals surface area contributed by atoms with Crippen molar-refractivity contribution in [1.82, 2.24) is 0 Å². The van der Waals surface area contributed by atoms with Gasteiger partial charge in [-0.25, -0.2) is 13.6 Å². The molecule has 0 aliphatic carbocycles. The number of rotatable bonds is 10. The van der Waals surface area contributed by atoms with Gasteiger partial charge in [0.15, 0.2) is 6.61 Å². The van der Waals surface area contributed by atoms with Crippen molar-refractivity contribution < 1.29 is 36.2 Å². The van der Waals surface area contributed by atoms with Crippen LogP contribution in [0, 0.1) is 0 Å². The minimum absolute atomic E-state index is 0.363. The van der Waals surface area contributed by atoms with Crippen LogP contribution in [0.3, 0.4) is 0 Å². The highest BCUT2D eigenvalue weighted by Gasteiger charge is 2.42. The maximum atomic E-state index is 13.0. The summed E-state index contributed by atoms with van der Waals surface area (Å²) in [4.78, 5) is 11.5. The van der Waals surface area contributed by atoms with E-state index in [1.54, 1.807) is 12.1 Å². The first-order valence-corrected chi connectivity index (χ1v) is 8.35. The topological polar surface area (TPSA) is 35.5 Å². The molecule has 1 unspecified atom stereocenters. The van der Waals surface area contributed by atoms with E-state index in [9.17, 15) is 26.7 Å². The van der Waals surface area contributed by atoms with E-state index < -0.39 is 37.5 Å². The van der Waals surface area contributed by atoms with Crippen LogP contribution in [0.15, 0.2) is 24.3 Å². The Bertz CT molecular complexity index is 555. The third-order valence-corrected chi connectivity index (χ3v) is 3.83. The minimum Gasteiger partial charge on any atom is -0.482 e. The Morgan fingerprint density at radius 3 is 2.27 bits per heavy atom. The lowest BCUT2D eigenvalue weighted by Gasteiger charge is -2.17. The molecule has 1 rings (SSSR count). The van der Waals surface area contributed by atoms with Crippen LogP contribution in [0.2, 0.25) is 0 Å². The van der Waals surface area contributed by atoms with E-state index in [-0.39, 0.29) is 13.0 Å². The first-order valence-electron chi connectivity index (χ1n) is 8.35. The van der Waals surface area contributed by atoms with Gasteiger partial charge in [-0.3, -0.25) is 0 Å². The predicted molar refractivity (Wildman–Crippen MR) is 86.5 cm³/mol. The Morgan fingerprint density at radius 1 is 1.12 bits per heavy atom. The number of benzene rings is 1. The molecule has 0 aromatic heterocycles. The van der Waals surface area contributed by atoms with Gasteiger partial charge in [0.05, 0.1) is 6.61 Å². The zero-order valence-corrected chi connectivity index (χ0v) is 14.7. The fourth-order valence-corrected chi connectivity index (χ4v) is 2.21. The van der Waals surface area contributed by atoms with Gasteiger partial charge in [0.25, 0.3) is 5.92 Å². The Labute approximate surface area is 149 Å². The average molecular weight is 382 g/mol. The van der Waals surface area contributed by atoms with E-state index in [4.69, 9.17) is 9.47 Å². The van der Waals surface area contributed by atoms with E-state index in [2.05, 4.69) is 13.8 Å². The molecule has 3 nitrogen and oxygen atoms in total. The first-order chi connectivity index (χ1) is 12.0. The van der Waals surface area contributed by atoms with Gasteiger partial charge in [0.1, 0.15) is 12.2 Å². The van der Waals surface area contributed by atoms with Crippen molar-refractivity contribution in [3.63, 3.8) is 0 Å². The smallest absolute Gasteiger partial charge is 0.394 e. The lowest BCUT2D eigenvalue weighted by atomic mass is 9.99. The second kappa shape index (κ2) is 9.73. The Morgan fingerprint density at radius 2 is 1.73 bits per heavy atom. The molecule has 8 heteroatoms. The number of hydrogen-bond donors (Lipinski definition) is 0. The minimum atomic E-state index is -4.93. The molecule has 0 heterocycles. The second-order valence-electron chi connectivity index (χ2n) is 6.14. The summed E-state index contributed by atoms with van der Waals surface area (Å²) >= 11 is 0. The zero-order chi connectivity index (χ0) is 19.8. The van der Waals surface area contributed by atoms with Crippen molar-refractivity contribution in [2.24, 2.45) is 0 Å². The van der Waals surface area contributed by atoms with Crippen molar-refractivity contribution in [3.05, 3.63) is 29.8 Å². The summed E-state index contributed by atoms with van der Waals surface area (Å²) in [6.45, 7) is 3.37. The Hall–Kier alpha value is -1.86. The molecule has 0 radical (unpaired) electrons. The van der Waals surface area contributed by atoms with Gasteiger partial charge in [0, 0.05) is 6.42 Å². The summed E-state index contributed by atoms with van der Waals surface area (Å²) < 4.78 is 71.9. The summed E-state index contributed by atoms with van der Waals surface area (Å²) in [7, 11) is 0. The van der Waals surface area contributed by atoms with Crippen LogP contribution < -0.4 is 4.74 Å². The van der Waals surface area contributed by atoms with Crippen LogP contribution in [0.5, 0.6) is 5.75 Å². The molecule has 0 saturated heterocycles. The van der Waals surface area contributed by atoms with Gasteiger partial charge < -0.3 is 9.47 Å². The molecule has 0 fully saturated rings. The number of carbonyl (C=O) groups is 1. The highest BCUT2D eigenvalue weighted by Crippen LogP contribution is 2.34. The molecular formula is C18H23F5O3. The van der Waals surface area contributed by atoms with Crippen LogP contribution in [-0.2, 0) is 9.53 Å². The van der Waals surface area contributed by atoms with Crippen LogP contribution in [0.4, 0.5) is 22.0 Å². The molecule has 0 saturated carbocycles. The maximum Gasteiger partial charge on any atom is 0.394 e. The van der Waals surface area contributed by atoms with Gasteiger partial charge >= 0.3 is 12.1 Å². The number of esters is 1. The van der Waals surface area contributed by atoms with Crippen molar-refractivity contribution in [1.29, 1.82) is 0 Å². The molecule has 0 amide bonds. The summed E-state index contributed by atoms with van der Waals surface area (Å²) in [5.41, 5.74) is 1.14. The van der Waals surface area contributed by atoms with Crippen molar-refractivity contribution in [3.8, 4) is 5.75 Å². The van der Waals surface area contributed by atoms with Crippen molar-refractivity contribution in [2.45, 2.75) is 57.5 Å². The summed E-state index contributed by atoms with van der Waals surface area (Å²) in [6, 6.07) is 7.20. The van der Waals surface area contributed by atoms with Gasteiger partial charge in [-0.1, -0.05) is 26.0 Å². The van der Waals surface area contributed by atoms with E-state index in [0.29, 0.717) is 11.7 Å². The van der Waals surface area contributed by atoms with E-state index >= 15 is 0 Å². The molecule has 1 aromatic carbocycles. The largest absolute Gasteiger partial charge is 0.482 e. The van der Waals surface area contributed by atoms with Crippen LogP contribution >= 0.6 is 0 Å².